The van der Waals surface area contributed by atoms with Crippen LogP contribution in [-0.2, 0) is 0 Å². The molecule has 0 radical (unpaired) electrons. The molecule has 0 spiro atoms. The Morgan fingerprint density at radius 2 is 1.89 bits per heavy atom. The van der Waals surface area contributed by atoms with Gasteiger partial charge in [-0.25, -0.2) is 0 Å². The fourth-order valence-electron chi connectivity index (χ4n) is 4.58. The first-order valence-corrected chi connectivity index (χ1v) is 9.84. The molecule has 2 nitrogen and oxygen atoms in total. The van der Waals surface area contributed by atoms with E-state index in [1.54, 1.807) is 6.07 Å². The molecule has 2 heterocycles. The van der Waals surface area contributed by atoms with E-state index in [2.05, 4.69) is 29.2 Å². The Bertz CT molecular complexity index is 1230. The first kappa shape index (κ1) is 13.5. The second kappa shape index (κ2) is 6.53. The third-order valence-corrected chi connectivity index (χ3v) is 5.88. The van der Waals surface area contributed by atoms with E-state index in [1.165, 1.54) is 43.1 Å². The molecular weight excluding hydrogens is 330 g/mol. The average molecular weight is 358 g/mol. The zero-order valence-corrected chi connectivity index (χ0v) is 15.6. The lowest BCUT2D eigenvalue weighted by Crippen LogP contribution is -2.04. The zero-order chi connectivity index (χ0) is 20.9. The van der Waals surface area contributed by atoms with Crippen LogP contribution in [0.25, 0.3) is 33.0 Å². The molecule has 0 unspecified atom stereocenters. The largest absolute Gasteiger partial charge is 0.461 e. The van der Waals surface area contributed by atoms with Gasteiger partial charge >= 0.3 is 0 Å². The molecule has 0 saturated heterocycles. The van der Waals surface area contributed by atoms with Crippen LogP contribution in [0.3, 0.4) is 0 Å². The van der Waals surface area contributed by atoms with Crippen LogP contribution in [0.4, 0.5) is 0 Å². The molecule has 2 aromatic heterocycles. The Kier molecular flexibility index (Phi) is 3.27. The summed E-state index contributed by atoms with van der Waals surface area (Å²) in [4.78, 5) is 4.68. The van der Waals surface area contributed by atoms with Crippen LogP contribution < -0.4 is 0 Å². The quantitative estimate of drug-likeness (QED) is 0.375. The normalized spacial score (nSPS) is 17.7. The van der Waals surface area contributed by atoms with Gasteiger partial charge in [0.1, 0.15) is 11.3 Å². The van der Waals surface area contributed by atoms with Gasteiger partial charge in [-0.05, 0) is 73.3 Å². The number of hydrogen-bond donors (Lipinski definition) is 0. The maximum Gasteiger partial charge on any atom is 0.143 e. The molecule has 27 heavy (non-hydrogen) atoms. The highest BCUT2D eigenvalue weighted by atomic mass is 16.3. The lowest BCUT2D eigenvalue weighted by atomic mass is 9.83. The van der Waals surface area contributed by atoms with Crippen molar-refractivity contribution in [3.05, 3.63) is 65.5 Å². The maximum atomic E-state index is 7.71. The minimum absolute atomic E-state index is 0.0178. The molecule has 0 aliphatic heterocycles. The third kappa shape index (κ3) is 2.93. The molecule has 136 valence electrons. The Labute approximate surface area is 164 Å². The molecule has 4 aromatic rings. The molecule has 0 N–H and O–H groups in total. The highest BCUT2D eigenvalue weighted by Gasteiger charge is 2.17. The van der Waals surface area contributed by atoms with Crippen molar-refractivity contribution >= 4 is 21.7 Å². The second-order valence-electron chi connectivity index (χ2n) is 7.82. The minimum Gasteiger partial charge on any atom is -0.461 e. The van der Waals surface area contributed by atoms with E-state index in [-0.39, 0.29) is 5.76 Å². The average Bonchev–Trinajstić information content (AvgIpc) is 3.17. The van der Waals surface area contributed by atoms with Gasteiger partial charge in [-0.2, -0.15) is 0 Å². The van der Waals surface area contributed by atoms with Gasteiger partial charge in [0.15, 0.2) is 0 Å². The Balaban J connectivity index is 1.67. The smallest absolute Gasteiger partial charge is 0.143 e. The number of nitrogens with zero attached hydrogens (tertiary/aromatic N) is 1. The van der Waals surface area contributed by atoms with Crippen LogP contribution in [0.1, 0.15) is 59.0 Å². The Morgan fingerprint density at radius 1 is 1.00 bits per heavy atom. The predicted octanol–water partition coefficient (Wildman–Crippen LogP) is 7.31. The van der Waals surface area contributed by atoms with Gasteiger partial charge in [-0.15, -0.1) is 0 Å². The predicted molar refractivity (Wildman–Crippen MR) is 112 cm³/mol. The van der Waals surface area contributed by atoms with E-state index in [1.807, 2.05) is 25.3 Å². The molecule has 5 rings (SSSR count). The summed E-state index contributed by atoms with van der Waals surface area (Å²) in [6.07, 6.45) is 8.36. The van der Waals surface area contributed by atoms with Crippen molar-refractivity contribution in [1.29, 1.82) is 0 Å². The number of furan rings is 1. The van der Waals surface area contributed by atoms with E-state index in [0.29, 0.717) is 11.5 Å². The van der Waals surface area contributed by atoms with Crippen LogP contribution in [0, 0.1) is 13.8 Å². The summed E-state index contributed by atoms with van der Waals surface area (Å²) in [7, 11) is 0. The first-order valence-electron chi connectivity index (χ1n) is 11.3. The van der Waals surface area contributed by atoms with Crippen molar-refractivity contribution < 1.29 is 8.53 Å². The summed E-state index contributed by atoms with van der Waals surface area (Å²) in [6.45, 7) is -0.261. The minimum atomic E-state index is -2.27. The van der Waals surface area contributed by atoms with Crippen molar-refractivity contribution in [2.75, 3.05) is 0 Å². The molecule has 2 aromatic carbocycles. The van der Waals surface area contributed by atoms with Gasteiger partial charge in [0.25, 0.3) is 0 Å². The van der Waals surface area contributed by atoms with Crippen LogP contribution in [-0.4, -0.2) is 4.98 Å². The number of rotatable bonds is 2. The van der Waals surface area contributed by atoms with Gasteiger partial charge < -0.3 is 4.42 Å². The molecule has 0 bridgehead atoms. The standard InChI is InChI=1S/C25H25NO/c1-16-12-21-14-17(2)27-25(21)23(13-16)24-22-9-8-19(15-20(22)10-11-26-24)18-6-4-3-5-7-18/h8-15,18H,3-7H2,1-2H3/i2D3. The summed E-state index contributed by atoms with van der Waals surface area (Å²) in [5.74, 6) is 0.668. The number of benzene rings is 2. The van der Waals surface area contributed by atoms with Gasteiger partial charge in [-0.1, -0.05) is 37.5 Å². The van der Waals surface area contributed by atoms with Crippen molar-refractivity contribution in [3.8, 4) is 11.3 Å². The highest BCUT2D eigenvalue weighted by Crippen LogP contribution is 2.37. The fraction of sp³-hybridized carbons (Fsp3) is 0.320. The SMILES string of the molecule is [2H]C([2H])([2H])c1cc2cc(C)cc(-c3nccc4cc(C5CCCCC5)ccc34)c2o1. The Morgan fingerprint density at radius 3 is 2.74 bits per heavy atom. The summed E-state index contributed by atoms with van der Waals surface area (Å²) in [6, 6.07) is 14.4. The molecular formula is C25H25NO. The van der Waals surface area contributed by atoms with Gasteiger partial charge in [-0.3, -0.25) is 4.98 Å². The number of aromatic nitrogens is 1. The molecule has 0 amide bonds. The van der Waals surface area contributed by atoms with E-state index in [4.69, 9.17) is 8.53 Å². The van der Waals surface area contributed by atoms with Crippen molar-refractivity contribution in [3.63, 3.8) is 0 Å². The number of aryl methyl sites for hydroxylation is 2. The van der Waals surface area contributed by atoms with Gasteiger partial charge in [0.2, 0.25) is 0 Å². The summed E-state index contributed by atoms with van der Waals surface area (Å²) < 4.78 is 29.0. The topological polar surface area (TPSA) is 26.0 Å². The van der Waals surface area contributed by atoms with E-state index < -0.39 is 6.85 Å². The molecule has 2 heteroatoms. The highest BCUT2D eigenvalue weighted by molar-refractivity contribution is 6.02. The van der Waals surface area contributed by atoms with Gasteiger partial charge in [0, 0.05) is 26.6 Å². The molecule has 1 saturated carbocycles. The number of pyridine rings is 1. The summed E-state index contributed by atoms with van der Waals surface area (Å²) in [5, 5.41) is 3.03. The summed E-state index contributed by atoms with van der Waals surface area (Å²) >= 11 is 0. The molecule has 0 atom stereocenters. The zero-order valence-electron chi connectivity index (χ0n) is 18.6. The Hall–Kier alpha value is -2.61. The fourth-order valence-corrected chi connectivity index (χ4v) is 4.58. The van der Waals surface area contributed by atoms with E-state index in [9.17, 15) is 0 Å². The number of hydrogen-bond acceptors (Lipinski definition) is 2. The number of fused-ring (bicyclic) bond motifs is 2. The lowest BCUT2D eigenvalue weighted by Gasteiger charge is -2.22. The van der Waals surface area contributed by atoms with Crippen LogP contribution in [0.15, 0.2) is 53.1 Å². The lowest BCUT2D eigenvalue weighted by molar-refractivity contribution is 0.444. The summed E-state index contributed by atoms with van der Waals surface area (Å²) in [5.41, 5.74) is 4.73. The third-order valence-electron chi connectivity index (χ3n) is 5.88. The van der Waals surface area contributed by atoms with Crippen molar-refractivity contribution in [2.24, 2.45) is 0 Å². The van der Waals surface area contributed by atoms with Gasteiger partial charge in [0.05, 0.1) is 5.69 Å². The molecule has 1 aliphatic carbocycles. The molecule has 1 fully saturated rings. The van der Waals surface area contributed by atoms with E-state index in [0.717, 1.165) is 27.6 Å². The van der Waals surface area contributed by atoms with E-state index >= 15 is 0 Å². The monoisotopic (exact) mass is 358 g/mol. The van der Waals surface area contributed by atoms with Crippen molar-refractivity contribution in [1.82, 2.24) is 4.98 Å². The van der Waals surface area contributed by atoms with Crippen molar-refractivity contribution in [2.45, 2.75) is 51.8 Å². The maximum absolute atomic E-state index is 7.71. The molecule has 1 aliphatic rings. The second-order valence-corrected chi connectivity index (χ2v) is 7.82. The van der Waals surface area contributed by atoms with Crippen LogP contribution >= 0.6 is 0 Å². The van der Waals surface area contributed by atoms with Crippen LogP contribution in [0.5, 0.6) is 0 Å². The van der Waals surface area contributed by atoms with Crippen LogP contribution in [0.2, 0.25) is 0 Å². The first-order chi connectivity index (χ1) is 14.4.